The van der Waals surface area contributed by atoms with Gasteiger partial charge >= 0.3 is 0 Å². The van der Waals surface area contributed by atoms with Gasteiger partial charge in [0.1, 0.15) is 18.3 Å². The topological polar surface area (TPSA) is 96.0 Å². The molecule has 10 heteroatoms. The summed E-state index contributed by atoms with van der Waals surface area (Å²) < 4.78 is 34.7. The van der Waals surface area contributed by atoms with E-state index < -0.39 is 28.5 Å². The Kier molecular flexibility index (Phi) is 10.5. The number of nitrogens with one attached hydrogen (secondary N) is 1. The van der Waals surface area contributed by atoms with Crippen LogP contribution in [0, 0.1) is 6.92 Å². The third-order valence-electron chi connectivity index (χ3n) is 7.57. The first-order valence-corrected chi connectivity index (χ1v) is 16.0. The lowest BCUT2D eigenvalue weighted by molar-refractivity contribution is -0.139. The molecular formula is C32H38ClN3O5S. The maximum Gasteiger partial charge on any atom is 0.264 e. The molecule has 0 bridgehead atoms. The molecule has 0 aliphatic heterocycles. The van der Waals surface area contributed by atoms with Crippen molar-refractivity contribution in [3.63, 3.8) is 0 Å². The molecule has 224 valence electrons. The van der Waals surface area contributed by atoms with E-state index in [0.29, 0.717) is 10.8 Å². The number of hydrogen-bond acceptors (Lipinski definition) is 5. The summed E-state index contributed by atoms with van der Waals surface area (Å²) in [5.41, 5.74) is 1.75. The molecule has 1 unspecified atom stereocenters. The Balaban J connectivity index is 1.72. The first-order chi connectivity index (χ1) is 20.1. The fourth-order valence-electron chi connectivity index (χ4n) is 5.21. The zero-order valence-corrected chi connectivity index (χ0v) is 25.8. The van der Waals surface area contributed by atoms with Crippen molar-refractivity contribution in [2.75, 3.05) is 18.0 Å². The molecule has 0 saturated heterocycles. The van der Waals surface area contributed by atoms with Crippen LogP contribution < -0.4 is 14.4 Å². The molecule has 3 aromatic rings. The Bertz CT molecular complexity index is 1490. The molecule has 1 aliphatic rings. The zero-order chi connectivity index (χ0) is 30.3. The van der Waals surface area contributed by atoms with E-state index in [2.05, 4.69) is 5.32 Å². The number of methoxy groups -OCH3 is 1. The van der Waals surface area contributed by atoms with E-state index in [1.165, 1.54) is 24.1 Å². The second-order valence-electron chi connectivity index (χ2n) is 10.7. The van der Waals surface area contributed by atoms with Gasteiger partial charge in [-0.25, -0.2) is 8.42 Å². The number of halogens is 1. The number of carbonyl (C=O) groups is 2. The molecule has 0 aromatic heterocycles. The van der Waals surface area contributed by atoms with Gasteiger partial charge in [0.25, 0.3) is 10.0 Å². The lowest BCUT2D eigenvalue weighted by Gasteiger charge is -2.33. The van der Waals surface area contributed by atoms with Crippen LogP contribution in [0.3, 0.4) is 0 Å². The number of anilines is 1. The van der Waals surface area contributed by atoms with Gasteiger partial charge in [-0.1, -0.05) is 67.3 Å². The van der Waals surface area contributed by atoms with Gasteiger partial charge in [0.2, 0.25) is 11.8 Å². The molecular weight excluding hydrogens is 574 g/mol. The van der Waals surface area contributed by atoms with E-state index in [9.17, 15) is 18.0 Å². The highest BCUT2D eigenvalue weighted by molar-refractivity contribution is 7.92. The van der Waals surface area contributed by atoms with Crippen LogP contribution >= 0.6 is 11.6 Å². The van der Waals surface area contributed by atoms with Crippen molar-refractivity contribution in [1.29, 1.82) is 0 Å². The Morgan fingerprint density at radius 2 is 1.71 bits per heavy atom. The Hall–Kier alpha value is -3.56. The van der Waals surface area contributed by atoms with Gasteiger partial charge in [-0.15, -0.1) is 0 Å². The summed E-state index contributed by atoms with van der Waals surface area (Å²) >= 11 is 6.23. The molecule has 1 N–H and O–H groups in total. The minimum absolute atomic E-state index is 0.0332. The summed E-state index contributed by atoms with van der Waals surface area (Å²) in [6.07, 6.45) is 5.05. The maximum atomic E-state index is 14.2. The van der Waals surface area contributed by atoms with E-state index in [1.54, 1.807) is 61.5 Å². The number of aryl methyl sites for hydroxylation is 1. The number of nitrogens with zero attached hydrogens (tertiary/aromatic N) is 2. The SMILES string of the molecule is COc1ccc(C)cc1N(CC(=O)N(Cc1cccc(Cl)c1)C(C)C(=O)NC1CCCCC1)S(=O)(=O)c1ccccc1. The van der Waals surface area contributed by atoms with Crippen LogP contribution in [0.1, 0.15) is 50.2 Å². The lowest BCUT2D eigenvalue weighted by Crippen LogP contribution is -2.53. The number of amides is 2. The van der Waals surface area contributed by atoms with Crippen LogP contribution in [0.5, 0.6) is 5.75 Å². The lowest BCUT2D eigenvalue weighted by atomic mass is 9.95. The highest BCUT2D eigenvalue weighted by Crippen LogP contribution is 2.34. The van der Waals surface area contributed by atoms with Gasteiger partial charge in [0, 0.05) is 17.6 Å². The van der Waals surface area contributed by atoms with Gasteiger partial charge in [-0.3, -0.25) is 13.9 Å². The summed E-state index contributed by atoms with van der Waals surface area (Å²) in [6, 6.07) is 19.4. The predicted molar refractivity (Wildman–Crippen MR) is 165 cm³/mol. The van der Waals surface area contributed by atoms with E-state index in [-0.39, 0.29) is 29.1 Å². The van der Waals surface area contributed by atoms with Crippen molar-refractivity contribution in [2.24, 2.45) is 0 Å². The van der Waals surface area contributed by atoms with Crippen LogP contribution in [-0.4, -0.2) is 50.9 Å². The molecule has 0 spiro atoms. The third-order valence-corrected chi connectivity index (χ3v) is 9.58. The first-order valence-electron chi connectivity index (χ1n) is 14.2. The van der Waals surface area contributed by atoms with E-state index in [1.807, 2.05) is 13.0 Å². The van der Waals surface area contributed by atoms with Crippen LogP contribution in [0.25, 0.3) is 0 Å². The average Bonchev–Trinajstić information content (AvgIpc) is 2.99. The molecule has 3 aromatic carbocycles. The van der Waals surface area contributed by atoms with Gasteiger partial charge in [-0.2, -0.15) is 0 Å². The monoisotopic (exact) mass is 611 g/mol. The molecule has 1 saturated carbocycles. The van der Waals surface area contributed by atoms with Crippen LogP contribution in [-0.2, 0) is 26.2 Å². The van der Waals surface area contributed by atoms with E-state index in [0.717, 1.165) is 47.5 Å². The number of hydrogen-bond donors (Lipinski definition) is 1. The molecule has 0 heterocycles. The molecule has 1 atom stereocenters. The van der Waals surface area contributed by atoms with Gasteiger partial charge in [0.05, 0.1) is 17.7 Å². The zero-order valence-electron chi connectivity index (χ0n) is 24.3. The number of benzene rings is 3. The van der Waals surface area contributed by atoms with Crippen LogP contribution in [0.4, 0.5) is 5.69 Å². The number of carbonyl (C=O) groups excluding carboxylic acids is 2. The van der Waals surface area contributed by atoms with Gasteiger partial charge in [0.15, 0.2) is 0 Å². The maximum absolute atomic E-state index is 14.2. The molecule has 2 amide bonds. The summed E-state index contributed by atoms with van der Waals surface area (Å²) in [4.78, 5) is 29.1. The minimum Gasteiger partial charge on any atom is -0.495 e. The molecule has 8 nitrogen and oxygen atoms in total. The molecule has 1 fully saturated rings. The summed E-state index contributed by atoms with van der Waals surface area (Å²) in [6.45, 7) is 3.03. The second-order valence-corrected chi connectivity index (χ2v) is 13.0. The van der Waals surface area contributed by atoms with E-state index >= 15 is 0 Å². The minimum atomic E-state index is -4.20. The summed E-state index contributed by atoms with van der Waals surface area (Å²) in [5, 5.41) is 3.60. The normalized spacial score (nSPS) is 14.6. The van der Waals surface area contributed by atoms with Crippen molar-refractivity contribution >= 4 is 39.1 Å². The second kappa shape index (κ2) is 14.1. The fourth-order valence-corrected chi connectivity index (χ4v) is 6.86. The molecule has 0 radical (unpaired) electrons. The summed E-state index contributed by atoms with van der Waals surface area (Å²) in [5.74, 6) is -0.510. The Morgan fingerprint density at radius 1 is 1.00 bits per heavy atom. The third kappa shape index (κ3) is 7.63. The van der Waals surface area contributed by atoms with Crippen molar-refractivity contribution in [3.05, 3.63) is 88.9 Å². The van der Waals surface area contributed by atoms with Crippen LogP contribution in [0.15, 0.2) is 77.7 Å². The molecule has 42 heavy (non-hydrogen) atoms. The highest BCUT2D eigenvalue weighted by atomic mass is 35.5. The molecule has 1 aliphatic carbocycles. The van der Waals surface area contributed by atoms with E-state index in [4.69, 9.17) is 16.3 Å². The van der Waals surface area contributed by atoms with Crippen molar-refractivity contribution in [3.8, 4) is 5.75 Å². The van der Waals surface area contributed by atoms with Gasteiger partial charge in [-0.05, 0) is 74.2 Å². The Labute approximate surface area is 253 Å². The largest absolute Gasteiger partial charge is 0.495 e. The van der Waals surface area contributed by atoms with Gasteiger partial charge < -0.3 is 15.0 Å². The summed E-state index contributed by atoms with van der Waals surface area (Å²) in [7, 11) is -2.75. The Morgan fingerprint density at radius 3 is 2.38 bits per heavy atom. The van der Waals surface area contributed by atoms with Crippen molar-refractivity contribution < 1.29 is 22.7 Å². The highest BCUT2D eigenvalue weighted by Gasteiger charge is 2.34. The smallest absolute Gasteiger partial charge is 0.264 e. The number of sulfonamides is 1. The van der Waals surface area contributed by atoms with Crippen molar-refractivity contribution in [1.82, 2.24) is 10.2 Å². The quantitative estimate of drug-likeness (QED) is 0.299. The first kappa shape index (κ1) is 31.4. The number of ether oxygens (including phenoxy) is 1. The molecule has 4 rings (SSSR count). The fraction of sp³-hybridized carbons (Fsp3) is 0.375. The van der Waals surface area contributed by atoms with Crippen molar-refractivity contribution in [2.45, 2.75) is 69.5 Å². The average molecular weight is 612 g/mol. The predicted octanol–water partition coefficient (Wildman–Crippen LogP) is 5.72. The van der Waals surface area contributed by atoms with Crippen LogP contribution in [0.2, 0.25) is 5.02 Å². The number of rotatable bonds is 11. The standard InChI is InChI=1S/C32H38ClN3O5S/c1-23-17-18-30(41-3)29(19-23)36(42(39,40)28-15-8-5-9-16-28)22-31(37)35(21-25-11-10-12-26(33)20-25)24(2)32(38)34-27-13-6-4-7-14-27/h5,8-12,15-20,24,27H,4,6-7,13-14,21-22H2,1-3H3,(H,34,38).